The predicted molar refractivity (Wildman–Crippen MR) is 127 cm³/mol. The number of nitrogens with zero attached hydrogens (tertiary/aromatic N) is 3. The first-order valence-electron chi connectivity index (χ1n) is 10.5. The van der Waals surface area contributed by atoms with Crippen LogP contribution in [0.15, 0.2) is 84.3 Å². The van der Waals surface area contributed by atoms with Crippen molar-refractivity contribution in [2.75, 3.05) is 7.11 Å². The zero-order valence-corrected chi connectivity index (χ0v) is 17.7. The Labute approximate surface area is 189 Å². The second-order valence-electron chi connectivity index (χ2n) is 7.90. The topological polar surface area (TPSA) is 94.0 Å². The maximum Gasteiger partial charge on any atom is 0.205 e. The monoisotopic (exact) mass is 430 g/mol. The number of methoxy groups -OCH3 is 1. The number of para-hydroxylation sites is 2. The van der Waals surface area contributed by atoms with Crippen LogP contribution in [0.4, 0.5) is 0 Å². The molecule has 2 heterocycles. The standard InChI is InChI=1S/C27H18N4O2/c1-32-16-8-6-7-15(13-16)22-19(14-28)27(29)33-26-18-10-3-2-9-17(18)24-25(23(22)26)31-21-12-5-4-11-20(21)30-24/h2-13,22H,29H2,1H3. The Morgan fingerprint density at radius 2 is 1.61 bits per heavy atom. The number of hydrogen-bond acceptors (Lipinski definition) is 6. The van der Waals surface area contributed by atoms with Crippen molar-refractivity contribution >= 4 is 32.8 Å². The van der Waals surface area contributed by atoms with E-state index in [1.807, 2.05) is 72.8 Å². The molecule has 1 aliphatic rings. The first-order chi connectivity index (χ1) is 16.2. The number of benzene rings is 4. The summed E-state index contributed by atoms with van der Waals surface area (Å²) in [6, 6.07) is 25.6. The normalized spacial score (nSPS) is 15.3. The molecule has 4 aromatic carbocycles. The number of fused-ring (bicyclic) bond motifs is 7. The molecule has 33 heavy (non-hydrogen) atoms. The van der Waals surface area contributed by atoms with Gasteiger partial charge in [-0.05, 0) is 29.8 Å². The summed E-state index contributed by atoms with van der Waals surface area (Å²) in [5, 5.41) is 11.9. The molecule has 0 amide bonds. The maximum absolute atomic E-state index is 10.1. The fourth-order valence-corrected chi connectivity index (χ4v) is 4.62. The summed E-state index contributed by atoms with van der Waals surface area (Å²) in [7, 11) is 1.62. The van der Waals surface area contributed by atoms with Crippen LogP contribution in [0.5, 0.6) is 11.5 Å². The average molecular weight is 430 g/mol. The molecule has 6 nitrogen and oxygen atoms in total. The molecule has 0 saturated heterocycles. The highest BCUT2D eigenvalue weighted by molar-refractivity contribution is 6.11. The largest absolute Gasteiger partial charge is 0.497 e. The molecule has 1 unspecified atom stereocenters. The second kappa shape index (κ2) is 7.21. The van der Waals surface area contributed by atoms with Crippen LogP contribution in [0.2, 0.25) is 0 Å². The van der Waals surface area contributed by atoms with E-state index in [1.54, 1.807) is 7.11 Å². The molecule has 0 aliphatic carbocycles. The molecule has 0 saturated carbocycles. The van der Waals surface area contributed by atoms with Crippen molar-refractivity contribution in [3.8, 4) is 17.6 Å². The van der Waals surface area contributed by atoms with Crippen molar-refractivity contribution in [3.05, 3.63) is 95.4 Å². The van der Waals surface area contributed by atoms with E-state index in [9.17, 15) is 5.26 Å². The molecule has 0 spiro atoms. The molecule has 1 atom stereocenters. The molecule has 1 aromatic heterocycles. The number of aromatic nitrogens is 2. The van der Waals surface area contributed by atoms with Crippen molar-refractivity contribution in [2.45, 2.75) is 5.92 Å². The van der Waals surface area contributed by atoms with Crippen LogP contribution < -0.4 is 15.2 Å². The van der Waals surface area contributed by atoms with Gasteiger partial charge in [-0.3, -0.25) is 0 Å². The fraction of sp³-hybridized carbons (Fsp3) is 0.0741. The van der Waals surface area contributed by atoms with E-state index in [4.69, 9.17) is 25.2 Å². The van der Waals surface area contributed by atoms with E-state index in [-0.39, 0.29) is 5.88 Å². The SMILES string of the molecule is COc1cccc(C2C(C#N)=C(N)Oc3c2c2nc4ccccc4nc2c2ccccc32)c1. The van der Waals surface area contributed by atoms with Crippen molar-refractivity contribution in [1.29, 1.82) is 5.26 Å². The smallest absolute Gasteiger partial charge is 0.205 e. The lowest BCUT2D eigenvalue weighted by Gasteiger charge is -2.28. The Morgan fingerprint density at radius 1 is 0.909 bits per heavy atom. The van der Waals surface area contributed by atoms with E-state index in [0.717, 1.165) is 38.4 Å². The highest BCUT2D eigenvalue weighted by atomic mass is 16.5. The van der Waals surface area contributed by atoms with E-state index in [1.165, 1.54) is 0 Å². The van der Waals surface area contributed by atoms with Gasteiger partial charge in [0.05, 0.1) is 35.1 Å². The lowest BCUT2D eigenvalue weighted by molar-refractivity contribution is 0.398. The zero-order chi connectivity index (χ0) is 22.5. The summed E-state index contributed by atoms with van der Waals surface area (Å²) in [4.78, 5) is 9.98. The predicted octanol–water partition coefficient (Wildman–Crippen LogP) is 5.16. The number of nitrogens with two attached hydrogens (primary N) is 1. The van der Waals surface area contributed by atoms with Gasteiger partial charge in [0.2, 0.25) is 5.88 Å². The molecule has 5 aromatic rings. The van der Waals surface area contributed by atoms with Gasteiger partial charge in [0.25, 0.3) is 0 Å². The summed E-state index contributed by atoms with van der Waals surface area (Å²) < 4.78 is 11.6. The van der Waals surface area contributed by atoms with Gasteiger partial charge in [0.1, 0.15) is 23.1 Å². The van der Waals surface area contributed by atoms with Crippen LogP contribution in [0, 0.1) is 11.3 Å². The Bertz CT molecular complexity index is 1670. The third kappa shape index (κ3) is 2.80. The Morgan fingerprint density at radius 3 is 2.33 bits per heavy atom. The van der Waals surface area contributed by atoms with Crippen LogP contribution >= 0.6 is 0 Å². The van der Waals surface area contributed by atoms with Gasteiger partial charge in [0, 0.05) is 16.3 Å². The van der Waals surface area contributed by atoms with Crippen LogP contribution in [0.25, 0.3) is 32.8 Å². The summed E-state index contributed by atoms with van der Waals surface area (Å²) in [6.45, 7) is 0. The van der Waals surface area contributed by atoms with E-state index >= 15 is 0 Å². The molecule has 0 radical (unpaired) electrons. The number of ether oxygens (including phenoxy) is 2. The van der Waals surface area contributed by atoms with Gasteiger partial charge in [-0.25, -0.2) is 9.97 Å². The minimum Gasteiger partial charge on any atom is -0.497 e. The molecule has 6 rings (SSSR count). The minimum absolute atomic E-state index is 0.0936. The second-order valence-corrected chi connectivity index (χ2v) is 7.90. The van der Waals surface area contributed by atoms with Crippen molar-refractivity contribution in [3.63, 3.8) is 0 Å². The van der Waals surface area contributed by atoms with Gasteiger partial charge in [-0.15, -0.1) is 0 Å². The molecule has 0 fully saturated rings. The summed E-state index contributed by atoms with van der Waals surface area (Å²) in [5.41, 5.74) is 11.3. The van der Waals surface area contributed by atoms with Crippen molar-refractivity contribution in [2.24, 2.45) is 5.73 Å². The van der Waals surface area contributed by atoms with Gasteiger partial charge in [-0.2, -0.15) is 5.26 Å². The number of hydrogen-bond donors (Lipinski definition) is 1. The molecular weight excluding hydrogens is 412 g/mol. The molecular formula is C27H18N4O2. The van der Waals surface area contributed by atoms with E-state index in [2.05, 4.69) is 6.07 Å². The highest BCUT2D eigenvalue weighted by Gasteiger charge is 2.35. The quantitative estimate of drug-likeness (QED) is 0.307. The summed E-state index contributed by atoms with van der Waals surface area (Å²) in [6.07, 6.45) is 0. The van der Waals surface area contributed by atoms with Gasteiger partial charge >= 0.3 is 0 Å². The van der Waals surface area contributed by atoms with E-state index in [0.29, 0.717) is 22.6 Å². The van der Waals surface area contributed by atoms with E-state index < -0.39 is 5.92 Å². The van der Waals surface area contributed by atoms with Gasteiger partial charge in [0.15, 0.2) is 0 Å². The molecule has 0 bridgehead atoms. The first kappa shape index (κ1) is 19.1. The molecule has 158 valence electrons. The van der Waals surface area contributed by atoms with Crippen LogP contribution in [-0.2, 0) is 0 Å². The summed E-state index contributed by atoms with van der Waals surface area (Å²) in [5.74, 6) is 0.914. The highest BCUT2D eigenvalue weighted by Crippen LogP contribution is 2.49. The molecule has 6 heteroatoms. The van der Waals surface area contributed by atoms with Crippen LogP contribution in [0.3, 0.4) is 0 Å². The zero-order valence-electron chi connectivity index (χ0n) is 17.7. The van der Waals surface area contributed by atoms with Crippen LogP contribution in [0.1, 0.15) is 17.0 Å². The number of rotatable bonds is 2. The molecule has 2 N–H and O–H groups in total. The lowest BCUT2D eigenvalue weighted by atomic mass is 9.81. The minimum atomic E-state index is -0.476. The Hall–Kier alpha value is -4.63. The van der Waals surface area contributed by atoms with Crippen molar-refractivity contribution < 1.29 is 9.47 Å². The summed E-state index contributed by atoms with van der Waals surface area (Å²) >= 11 is 0. The van der Waals surface area contributed by atoms with Gasteiger partial charge in [-0.1, -0.05) is 48.5 Å². The van der Waals surface area contributed by atoms with Gasteiger partial charge < -0.3 is 15.2 Å². The Balaban J connectivity index is 1.81. The maximum atomic E-state index is 10.1. The first-order valence-corrected chi connectivity index (χ1v) is 10.5. The van der Waals surface area contributed by atoms with Crippen molar-refractivity contribution in [1.82, 2.24) is 9.97 Å². The lowest BCUT2D eigenvalue weighted by Crippen LogP contribution is -2.22. The number of allylic oxidation sites excluding steroid dienone is 1. The third-order valence-electron chi connectivity index (χ3n) is 6.10. The number of nitriles is 1. The Kier molecular flexibility index (Phi) is 4.17. The average Bonchev–Trinajstić information content (AvgIpc) is 2.87. The molecule has 1 aliphatic heterocycles. The third-order valence-corrected chi connectivity index (χ3v) is 6.10. The van der Waals surface area contributed by atoms with Crippen LogP contribution in [-0.4, -0.2) is 17.1 Å². The fourth-order valence-electron chi connectivity index (χ4n) is 4.62.